The van der Waals surface area contributed by atoms with Gasteiger partial charge in [0.15, 0.2) is 0 Å². The SMILES string of the molecule is CN(CC(N)=O)C(=O)c1cccc(OCc2cscn2)c1. The Bertz CT molecular complexity index is 628. The second-order valence-corrected chi connectivity index (χ2v) is 5.14. The maximum absolute atomic E-state index is 12.1. The largest absolute Gasteiger partial charge is 0.487 e. The van der Waals surface area contributed by atoms with Crippen molar-refractivity contribution in [1.82, 2.24) is 9.88 Å². The molecule has 0 saturated heterocycles. The molecule has 0 radical (unpaired) electrons. The first-order chi connectivity index (χ1) is 10.1. The number of aromatic nitrogens is 1. The molecule has 21 heavy (non-hydrogen) atoms. The van der Waals surface area contributed by atoms with Crippen molar-refractivity contribution in [3.8, 4) is 5.75 Å². The molecular formula is C14H15N3O3S. The molecule has 1 aromatic heterocycles. The molecule has 2 rings (SSSR count). The summed E-state index contributed by atoms with van der Waals surface area (Å²) in [5.41, 5.74) is 8.09. The Morgan fingerprint density at radius 1 is 1.43 bits per heavy atom. The van der Waals surface area contributed by atoms with Crippen LogP contribution in [0.15, 0.2) is 35.2 Å². The number of hydrogen-bond donors (Lipinski definition) is 1. The molecule has 0 fully saturated rings. The van der Waals surface area contributed by atoms with Crippen LogP contribution in [0.25, 0.3) is 0 Å². The summed E-state index contributed by atoms with van der Waals surface area (Å²) in [6.07, 6.45) is 0. The van der Waals surface area contributed by atoms with Crippen LogP contribution in [-0.4, -0.2) is 35.3 Å². The minimum atomic E-state index is -0.554. The third-order valence-electron chi connectivity index (χ3n) is 2.69. The third kappa shape index (κ3) is 4.28. The fourth-order valence-corrected chi connectivity index (χ4v) is 2.25. The van der Waals surface area contributed by atoms with E-state index >= 15 is 0 Å². The highest BCUT2D eigenvalue weighted by Crippen LogP contribution is 2.16. The number of carbonyl (C=O) groups excluding carboxylic acids is 2. The third-order valence-corrected chi connectivity index (χ3v) is 3.33. The summed E-state index contributed by atoms with van der Waals surface area (Å²) in [5.74, 6) is -0.268. The zero-order chi connectivity index (χ0) is 15.2. The first kappa shape index (κ1) is 15.0. The molecule has 2 aromatic rings. The van der Waals surface area contributed by atoms with Crippen molar-refractivity contribution >= 4 is 23.2 Å². The van der Waals surface area contributed by atoms with Crippen molar-refractivity contribution < 1.29 is 14.3 Å². The number of rotatable bonds is 6. The molecule has 6 nitrogen and oxygen atoms in total. The molecule has 7 heteroatoms. The normalized spacial score (nSPS) is 10.1. The quantitative estimate of drug-likeness (QED) is 0.871. The summed E-state index contributed by atoms with van der Waals surface area (Å²) in [5, 5.41) is 1.90. The summed E-state index contributed by atoms with van der Waals surface area (Å²) >= 11 is 1.50. The van der Waals surface area contributed by atoms with Gasteiger partial charge in [-0.15, -0.1) is 11.3 Å². The van der Waals surface area contributed by atoms with E-state index in [0.29, 0.717) is 17.9 Å². The Labute approximate surface area is 126 Å². The monoisotopic (exact) mass is 305 g/mol. The van der Waals surface area contributed by atoms with Crippen LogP contribution in [-0.2, 0) is 11.4 Å². The van der Waals surface area contributed by atoms with E-state index in [1.165, 1.54) is 23.3 Å². The molecular weight excluding hydrogens is 290 g/mol. The van der Waals surface area contributed by atoms with Gasteiger partial charge in [0, 0.05) is 18.0 Å². The van der Waals surface area contributed by atoms with Crippen LogP contribution >= 0.6 is 11.3 Å². The number of carbonyl (C=O) groups is 2. The van der Waals surface area contributed by atoms with Crippen LogP contribution in [0.2, 0.25) is 0 Å². The standard InChI is InChI=1S/C14H15N3O3S/c1-17(6-13(15)18)14(19)10-3-2-4-12(5-10)20-7-11-8-21-9-16-11/h2-5,8-9H,6-7H2,1H3,(H2,15,18). The van der Waals surface area contributed by atoms with Crippen molar-refractivity contribution in [3.63, 3.8) is 0 Å². The Morgan fingerprint density at radius 2 is 2.24 bits per heavy atom. The van der Waals surface area contributed by atoms with Gasteiger partial charge in [-0.3, -0.25) is 9.59 Å². The van der Waals surface area contributed by atoms with E-state index in [1.807, 2.05) is 5.38 Å². The van der Waals surface area contributed by atoms with Crippen molar-refractivity contribution in [3.05, 3.63) is 46.4 Å². The van der Waals surface area contributed by atoms with Crippen molar-refractivity contribution in [2.45, 2.75) is 6.61 Å². The molecule has 110 valence electrons. The van der Waals surface area contributed by atoms with E-state index in [-0.39, 0.29) is 12.5 Å². The molecule has 0 atom stereocenters. The molecule has 1 heterocycles. The van der Waals surface area contributed by atoms with Gasteiger partial charge >= 0.3 is 0 Å². The van der Waals surface area contributed by atoms with Gasteiger partial charge in [0.1, 0.15) is 12.4 Å². The number of hydrogen-bond acceptors (Lipinski definition) is 5. The molecule has 0 aliphatic rings. The summed E-state index contributed by atoms with van der Waals surface area (Å²) in [7, 11) is 1.52. The molecule has 0 saturated carbocycles. The van der Waals surface area contributed by atoms with E-state index in [9.17, 15) is 9.59 Å². The number of likely N-dealkylation sites (N-methyl/N-ethyl adjacent to an activating group) is 1. The van der Waals surface area contributed by atoms with Crippen molar-refractivity contribution in [2.75, 3.05) is 13.6 Å². The van der Waals surface area contributed by atoms with Gasteiger partial charge in [-0.1, -0.05) is 6.07 Å². The number of primary amides is 1. The van der Waals surface area contributed by atoms with Gasteiger partial charge in [-0.25, -0.2) is 4.98 Å². The number of nitrogens with zero attached hydrogens (tertiary/aromatic N) is 2. The Balaban J connectivity index is 2.03. The van der Waals surface area contributed by atoms with E-state index in [2.05, 4.69) is 4.98 Å². The molecule has 0 aliphatic carbocycles. The lowest BCUT2D eigenvalue weighted by atomic mass is 10.2. The van der Waals surface area contributed by atoms with Crippen LogP contribution < -0.4 is 10.5 Å². The highest BCUT2D eigenvalue weighted by Gasteiger charge is 2.14. The summed E-state index contributed by atoms with van der Waals surface area (Å²) < 4.78 is 5.58. The van der Waals surface area contributed by atoms with Crippen molar-refractivity contribution in [2.24, 2.45) is 5.73 Å². The van der Waals surface area contributed by atoms with Crippen LogP contribution in [0.3, 0.4) is 0 Å². The smallest absolute Gasteiger partial charge is 0.254 e. The maximum Gasteiger partial charge on any atom is 0.254 e. The van der Waals surface area contributed by atoms with E-state index in [1.54, 1.807) is 29.8 Å². The average molecular weight is 305 g/mol. The van der Waals surface area contributed by atoms with Gasteiger partial charge in [-0.05, 0) is 18.2 Å². The lowest BCUT2D eigenvalue weighted by Gasteiger charge is -2.15. The summed E-state index contributed by atoms with van der Waals surface area (Å²) in [6, 6.07) is 6.78. The second-order valence-electron chi connectivity index (χ2n) is 4.42. The van der Waals surface area contributed by atoms with E-state index in [0.717, 1.165) is 5.69 Å². The molecule has 0 spiro atoms. The molecule has 2 amide bonds. The Morgan fingerprint density at radius 3 is 2.90 bits per heavy atom. The number of benzene rings is 1. The highest BCUT2D eigenvalue weighted by molar-refractivity contribution is 7.07. The lowest BCUT2D eigenvalue weighted by Crippen LogP contribution is -2.35. The minimum Gasteiger partial charge on any atom is -0.487 e. The average Bonchev–Trinajstić information content (AvgIpc) is 2.97. The van der Waals surface area contributed by atoms with Crippen LogP contribution in [0.5, 0.6) is 5.75 Å². The zero-order valence-corrected chi connectivity index (χ0v) is 12.3. The fraction of sp³-hybridized carbons (Fsp3) is 0.214. The number of nitrogens with two attached hydrogens (primary N) is 1. The lowest BCUT2D eigenvalue weighted by molar-refractivity contribution is -0.118. The predicted molar refractivity (Wildman–Crippen MR) is 79.0 cm³/mol. The Hall–Kier alpha value is -2.41. The van der Waals surface area contributed by atoms with E-state index in [4.69, 9.17) is 10.5 Å². The number of thiazole rings is 1. The van der Waals surface area contributed by atoms with Gasteiger partial charge in [0.2, 0.25) is 5.91 Å². The zero-order valence-electron chi connectivity index (χ0n) is 11.5. The number of ether oxygens (including phenoxy) is 1. The highest BCUT2D eigenvalue weighted by atomic mass is 32.1. The van der Waals surface area contributed by atoms with Crippen LogP contribution in [0.1, 0.15) is 16.1 Å². The van der Waals surface area contributed by atoms with Gasteiger partial charge in [0.25, 0.3) is 5.91 Å². The summed E-state index contributed by atoms with van der Waals surface area (Å²) in [6.45, 7) is 0.223. The topological polar surface area (TPSA) is 85.5 Å². The summed E-state index contributed by atoms with van der Waals surface area (Å²) in [4.78, 5) is 28.3. The molecule has 2 N–H and O–H groups in total. The fourth-order valence-electron chi connectivity index (χ4n) is 1.71. The predicted octanol–water partition coefficient (Wildman–Crippen LogP) is 1.28. The maximum atomic E-state index is 12.1. The number of amides is 2. The minimum absolute atomic E-state index is 0.122. The van der Waals surface area contributed by atoms with Gasteiger partial charge < -0.3 is 15.4 Å². The first-order valence-electron chi connectivity index (χ1n) is 6.20. The van der Waals surface area contributed by atoms with Crippen LogP contribution in [0, 0.1) is 0 Å². The first-order valence-corrected chi connectivity index (χ1v) is 7.14. The second kappa shape index (κ2) is 6.85. The van der Waals surface area contributed by atoms with Gasteiger partial charge in [-0.2, -0.15) is 0 Å². The molecule has 1 aromatic carbocycles. The Kier molecular flexibility index (Phi) is 4.89. The van der Waals surface area contributed by atoms with Gasteiger partial charge in [0.05, 0.1) is 17.7 Å². The van der Waals surface area contributed by atoms with Crippen LogP contribution in [0.4, 0.5) is 0 Å². The van der Waals surface area contributed by atoms with E-state index < -0.39 is 5.91 Å². The molecule has 0 aliphatic heterocycles. The molecule has 0 bridgehead atoms. The van der Waals surface area contributed by atoms with Crippen molar-refractivity contribution in [1.29, 1.82) is 0 Å². The molecule has 0 unspecified atom stereocenters.